The Kier molecular flexibility index (Phi) is 5.13. The summed E-state index contributed by atoms with van der Waals surface area (Å²) in [6.45, 7) is 5.64. The smallest absolute Gasteiger partial charge is 0.224 e. The molecule has 0 radical (unpaired) electrons. The van der Waals surface area contributed by atoms with Gasteiger partial charge in [-0.15, -0.1) is 0 Å². The number of rotatable bonds is 6. The van der Waals surface area contributed by atoms with Crippen molar-refractivity contribution in [2.45, 2.75) is 64.6 Å². The summed E-state index contributed by atoms with van der Waals surface area (Å²) in [6, 6.07) is 0.293. The molecule has 1 aliphatic carbocycles. The number of carbonyl (C=O) groups is 1. The van der Waals surface area contributed by atoms with Crippen molar-refractivity contribution in [2.75, 3.05) is 13.1 Å². The maximum atomic E-state index is 12.2. The molecule has 22 heavy (non-hydrogen) atoms. The number of hydrogen-bond donors (Lipinski definition) is 1. The van der Waals surface area contributed by atoms with Gasteiger partial charge >= 0.3 is 0 Å². The summed E-state index contributed by atoms with van der Waals surface area (Å²) in [5.74, 6) is 1.06. The van der Waals surface area contributed by atoms with E-state index in [4.69, 9.17) is 0 Å². The van der Waals surface area contributed by atoms with Crippen LogP contribution in [0.1, 0.15) is 51.0 Å². The highest BCUT2D eigenvalue weighted by Gasteiger charge is 2.31. The highest BCUT2D eigenvalue weighted by molar-refractivity contribution is 5.79. The van der Waals surface area contributed by atoms with Gasteiger partial charge in [0.15, 0.2) is 0 Å². The third-order valence-electron chi connectivity index (χ3n) is 5.02. The van der Waals surface area contributed by atoms with E-state index in [0.29, 0.717) is 18.4 Å². The number of likely N-dealkylation sites (tertiary alicyclic amines) is 1. The largest absolute Gasteiger partial charge is 0.341 e. The Morgan fingerprint density at radius 3 is 2.86 bits per heavy atom. The summed E-state index contributed by atoms with van der Waals surface area (Å²) >= 11 is 0. The zero-order valence-corrected chi connectivity index (χ0v) is 13.6. The first kappa shape index (κ1) is 15.5. The van der Waals surface area contributed by atoms with Crippen LogP contribution in [0.2, 0.25) is 0 Å². The monoisotopic (exact) mass is 304 g/mol. The topological polar surface area (TPSA) is 50.2 Å². The lowest BCUT2D eigenvalue weighted by Gasteiger charge is -2.27. The van der Waals surface area contributed by atoms with Gasteiger partial charge in [-0.25, -0.2) is 0 Å². The molecule has 2 aliphatic rings. The Labute approximate surface area is 133 Å². The fraction of sp³-hybridized carbons (Fsp3) is 0.765. The summed E-state index contributed by atoms with van der Waals surface area (Å²) in [5.41, 5.74) is 1.19. The quantitative estimate of drug-likeness (QED) is 0.876. The van der Waals surface area contributed by atoms with E-state index in [9.17, 15) is 4.79 Å². The minimum Gasteiger partial charge on any atom is -0.341 e. The molecule has 0 bridgehead atoms. The average Bonchev–Trinajstić information content (AvgIpc) is 3.13. The molecule has 1 amide bonds. The normalized spacial score (nSPS) is 23.4. The Morgan fingerprint density at radius 2 is 2.14 bits per heavy atom. The second kappa shape index (κ2) is 7.27. The molecule has 1 aromatic rings. The SMILES string of the molecule is CCn1cc(CNC2CC(=O)N(CC3CCCCC3)C2)cn1. The van der Waals surface area contributed by atoms with Crippen LogP contribution < -0.4 is 5.32 Å². The highest BCUT2D eigenvalue weighted by atomic mass is 16.2. The van der Waals surface area contributed by atoms with Gasteiger partial charge in [0.2, 0.25) is 5.91 Å². The van der Waals surface area contributed by atoms with E-state index in [-0.39, 0.29) is 0 Å². The third kappa shape index (κ3) is 3.88. The number of nitrogens with one attached hydrogen (secondary N) is 1. The molecule has 1 atom stereocenters. The summed E-state index contributed by atoms with van der Waals surface area (Å²) in [5, 5.41) is 7.80. The average molecular weight is 304 g/mol. The van der Waals surface area contributed by atoms with Gasteiger partial charge in [0.05, 0.1) is 6.20 Å². The summed E-state index contributed by atoms with van der Waals surface area (Å²) in [4.78, 5) is 14.3. The fourth-order valence-electron chi connectivity index (χ4n) is 3.70. The van der Waals surface area contributed by atoms with E-state index in [0.717, 1.165) is 32.1 Å². The van der Waals surface area contributed by atoms with Gasteiger partial charge < -0.3 is 10.2 Å². The molecule has 1 N–H and O–H groups in total. The van der Waals surface area contributed by atoms with Gasteiger partial charge in [0.1, 0.15) is 0 Å². The minimum absolute atomic E-state index is 0.293. The van der Waals surface area contributed by atoms with Crippen molar-refractivity contribution in [2.24, 2.45) is 5.92 Å². The number of hydrogen-bond acceptors (Lipinski definition) is 3. The molecular weight excluding hydrogens is 276 g/mol. The number of aromatic nitrogens is 2. The molecule has 5 heteroatoms. The standard InChI is InChI=1S/C17H28N4O/c1-2-21-12-15(10-19-21)9-18-16-8-17(22)20(13-16)11-14-6-4-3-5-7-14/h10,12,14,16,18H,2-9,11,13H2,1H3. The van der Waals surface area contributed by atoms with E-state index in [1.165, 1.54) is 37.7 Å². The number of amides is 1. The number of carbonyl (C=O) groups excluding carboxylic acids is 1. The van der Waals surface area contributed by atoms with Crippen molar-refractivity contribution in [1.29, 1.82) is 0 Å². The summed E-state index contributed by atoms with van der Waals surface area (Å²) < 4.78 is 1.94. The van der Waals surface area contributed by atoms with Gasteiger partial charge in [-0.05, 0) is 25.7 Å². The second-order valence-electron chi connectivity index (χ2n) is 6.79. The number of aryl methyl sites for hydroxylation is 1. The Hall–Kier alpha value is -1.36. The van der Waals surface area contributed by atoms with Crippen LogP contribution in [-0.2, 0) is 17.9 Å². The van der Waals surface area contributed by atoms with Crippen LogP contribution in [-0.4, -0.2) is 39.7 Å². The summed E-state index contributed by atoms with van der Waals surface area (Å²) in [7, 11) is 0. The maximum absolute atomic E-state index is 12.2. The van der Waals surface area contributed by atoms with Crippen LogP contribution in [0.15, 0.2) is 12.4 Å². The molecule has 3 rings (SSSR count). The van der Waals surface area contributed by atoms with Gasteiger partial charge in [0, 0.05) is 50.4 Å². The van der Waals surface area contributed by atoms with Crippen molar-refractivity contribution in [3.05, 3.63) is 18.0 Å². The lowest BCUT2D eigenvalue weighted by molar-refractivity contribution is -0.128. The van der Waals surface area contributed by atoms with E-state index in [1.54, 1.807) is 0 Å². The second-order valence-corrected chi connectivity index (χ2v) is 6.79. The molecule has 2 heterocycles. The van der Waals surface area contributed by atoms with Gasteiger partial charge in [0.25, 0.3) is 0 Å². The Balaban J connectivity index is 1.44. The fourth-order valence-corrected chi connectivity index (χ4v) is 3.70. The molecule has 1 saturated carbocycles. The summed E-state index contributed by atoms with van der Waals surface area (Å²) in [6.07, 6.45) is 11.3. The first-order chi connectivity index (χ1) is 10.7. The van der Waals surface area contributed by atoms with E-state index in [1.807, 2.05) is 10.9 Å². The van der Waals surface area contributed by atoms with Crippen LogP contribution in [0.25, 0.3) is 0 Å². The van der Waals surface area contributed by atoms with Crippen LogP contribution in [0.3, 0.4) is 0 Å². The van der Waals surface area contributed by atoms with Crippen molar-refractivity contribution in [3.8, 4) is 0 Å². The molecule has 0 spiro atoms. The zero-order chi connectivity index (χ0) is 15.4. The van der Waals surface area contributed by atoms with Crippen molar-refractivity contribution in [1.82, 2.24) is 20.0 Å². The lowest BCUT2D eigenvalue weighted by atomic mass is 9.89. The molecule has 1 unspecified atom stereocenters. The third-order valence-corrected chi connectivity index (χ3v) is 5.02. The van der Waals surface area contributed by atoms with E-state index in [2.05, 4.69) is 28.4 Å². The van der Waals surface area contributed by atoms with Crippen LogP contribution in [0.5, 0.6) is 0 Å². The number of nitrogens with zero attached hydrogens (tertiary/aromatic N) is 3. The van der Waals surface area contributed by atoms with Crippen molar-refractivity contribution >= 4 is 5.91 Å². The maximum Gasteiger partial charge on any atom is 0.224 e. The Morgan fingerprint density at radius 1 is 1.32 bits per heavy atom. The van der Waals surface area contributed by atoms with Crippen LogP contribution >= 0.6 is 0 Å². The molecule has 5 nitrogen and oxygen atoms in total. The predicted octanol–water partition coefficient (Wildman–Crippen LogP) is 2.17. The van der Waals surface area contributed by atoms with E-state index < -0.39 is 0 Å². The first-order valence-electron chi connectivity index (χ1n) is 8.77. The van der Waals surface area contributed by atoms with Crippen LogP contribution in [0.4, 0.5) is 0 Å². The van der Waals surface area contributed by atoms with Crippen LogP contribution in [0, 0.1) is 5.92 Å². The van der Waals surface area contributed by atoms with Gasteiger partial charge in [-0.2, -0.15) is 5.10 Å². The molecule has 1 aromatic heterocycles. The molecule has 2 fully saturated rings. The molecule has 0 aromatic carbocycles. The molecule has 1 aliphatic heterocycles. The molecular formula is C17H28N4O. The minimum atomic E-state index is 0.293. The van der Waals surface area contributed by atoms with Gasteiger partial charge in [-0.1, -0.05) is 19.3 Å². The van der Waals surface area contributed by atoms with Gasteiger partial charge in [-0.3, -0.25) is 9.48 Å². The first-order valence-corrected chi connectivity index (χ1v) is 8.77. The van der Waals surface area contributed by atoms with Crippen molar-refractivity contribution in [3.63, 3.8) is 0 Å². The van der Waals surface area contributed by atoms with E-state index >= 15 is 0 Å². The Bertz CT molecular complexity index is 493. The zero-order valence-electron chi connectivity index (χ0n) is 13.6. The highest BCUT2D eigenvalue weighted by Crippen LogP contribution is 2.26. The lowest BCUT2D eigenvalue weighted by Crippen LogP contribution is -2.35. The van der Waals surface area contributed by atoms with Crippen molar-refractivity contribution < 1.29 is 4.79 Å². The molecule has 1 saturated heterocycles. The molecule has 122 valence electrons. The predicted molar refractivity (Wildman–Crippen MR) is 86.3 cm³/mol.